The van der Waals surface area contributed by atoms with Gasteiger partial charge < -0.3 is 15.4 Å². The summed E-state index contributed by atoms with van der Waals surface area (Å²) in [6, 6.07) is 17.2. The van der Waals surface area contributed by atoms with Crippen LogP contribution in [-0.4, -0.2) is 41.0 Å². The van der Waals surface area contributed by atoms with Crippen molar-refractivity contribution < 1.29 is 14.3 Å². The average molecular weight is 505 g/mol. The molecule has 2 heterocycles. The summed E-state index contributed by atoms with van der Waals surface area (Å²) >= 11 is 1.39. The van der Waals surface area contributed by atoms with Crippen LogP contribution in [0.2, 0.25) is 0 Å². The Morgan fingerprint density at radius 2 is 1.86 bits per heavy atom. The zero-order valence-corrected chi connectivity index (χ0v) is 21.1. The second-order valence-corrected chi connectivity index (χ2v) is 10.4. The third kappa shape index (κ3) is 6.05. The van der Waals surface area contributed by atoms with E-state index in [2.05, 4.69) is 27.8 Å². The van der Waals surface area contributed by atoms with Crippen molar-refractivity contribution in [2.24, 2.45) is 5.92 Å². The molecule has 1 aliphatic carbocycles. The zero-order valence-electron chi connectivity index (χ0n) is 20.3. The van der Waals surface area contributed by atoms with Gasteiger partial charge in [-0.3, -0.25) is 9.69 Å². The summed E-state index contributed by atoms with van der Waals surface area (Å²) in [4.78, 5) is 31.8. The lowest BCUT2D eigenvalue weighted by Crippen LogP contribution is -2.43. The number of nitrogens with zero attached hydrogens (tertiary/aromatic N) is 2. The largest absolute Gasteiger partial charge is 0.445 e. The first-order valence-electron chi connectivity index (χ1n) is 12.7. The van der Waals surface area contributed by atoms with Gasteiger partial charge in [-0.05, 0) is 49.3 Å². The molecule has 1 atom stereocenters. The van der Waals surface area contributed by atoms with Gasteiger partial charge in [0.1, 0.15) is 12.6 Å². The summed E-state index contributed by atoms with van der Waals surface area (Å²) in [5.74, 6) is 0.539. The molecule has 1 saturated heterocycles. The van der Waals surface area contributed by atoms with Crippen molar-refractivity contribution in [1.82, 2.24) is 9.88 Å². The lowest BCUT2D eigenvalue weighted by Gasteiger charge is -2.22. The molecule has 0 bridgehead atoms. The van der Waals surface area contributed by atoms with Crippen LogP contribution in [0.25, 0.3) is 11.3 Å². The van der Waals surface area contributed by atoms with E-state index in [9.17, 15) is 9.59 Å². The molecule has 36 heavy (non-hydrogen) atoms. The first kappa shape index (κ1) is 24.3. The standard InChI is InChI=1S/C28H32N4O3S/c33-26(25-14-7-15-32(25)28(34)35-18-21-10-2-1-3-11-21)31-27-30-24(19-36-27)22-12-6-13-23(16-22)29-17-20-8-4-5-9-20/h1-3,6,10-13,16,19-20,25,29H,4-5,7-9,14-15,17-18H2,(H,30,31,33)/t25-/m0/s1. The Morgan fingerprint density at radius 3 is 2.69 bits per heavy atom. The quantitative estimate of drug-likeness (QED) is 0.384. The minimum Gasteiger partial charge on any atom is -0.445 e. The molecule has 1 aliphatic heterocycles. The maximum absolute atomic E-state index is 13.0. The van der Waals surface area contributed by atoms with Crippen LogP contribution in [-0.2, 0) is 16.1 Å². The lowest BCUT2D eigenvalue weighted by atomic mass is 10.1. The number of rotatable bonds is 8. The molecule has 5 rings (SSSR count). The van der Waals surface area contributed by atoms with Crippen molar-refractivity contribution in [2.45, 2.75) is 51.2 Å². The number of thiazole rings is 1. The van der Waals surface area contributed by atoms with E-state index >= 15 is 0 Å². The maximum atomic E-state index is 13.0. The van der Waals surface area contributed by atoms with Gasteiger partial charge in [-0.15, -0.1) is 11.3 Å². The Hall–Kier alpha value is -3.39. The van der Waals surface area contributed by atoms with Crippen LogP contribution in [0.3, 0.4) is 0 Å². The van der Waals surface area contributed by atoms with E-state index < -0.39 is 12.1 Å². The highest BCUT2D eigenvalue weighted by atomic mass is 32.1. The molecule has 2 fully saturated rings. The molecule has 7 nitrogen and oxygen atoms in total. The second-order valence-electron chi connectivity index (χ2n) is 9.53. The molecular formula is C28H32N4O3S. The number of likely N-dealkylation sites (tertiary alicyclic amines) is 1. The molecule has 2 N–H and O–H groups in total. The maximum Gasteiger partial charge on any atom is 0.410 e. The molecular weight excluding hydrogens is 472 g/mol. The van der Waals surface area contributed by atoms with E-state index in [0.717, 1.165) is 41.4 Å². The van der Waals surface area contributed by atoms with Crippen molar-refractivity contribution in [2.75, 3.05) is 23.7 Å². The molecule has 0 unspecified atom stereocenters. The highest BCUT2D eigenvalue weighted by Gasteiger charge is 2.35. The van der Waals surface area contributed by atoms with Gasteiger partial charge in [0.15, 0.2) is 5.13 Å². The van der Waals surface area contributed by atoms with Crippen molar-refractivity contribution >= 4 is 34.2 Å². The van der Waals surface area contributed by atoms with Crippen molar-refractivity contribution in [1.29, 1.82) is 0 Å². The highest BCUT2D eigenvalue weighted by molar-refractivity contribution is 7.14. The predicted molar refractivity (Wildman–Crippen MR) is 143 cm³/mol. The van der Waals surface area contributed by atoms with Gasteiger partial charge in [0, 0.05) is 29.7 Å². The normalized spacial score (nSPS) is 17.8. The minimum atomic E-state index is -0.552. The van der Waals surface area contributed by atoms with Crippen LogP contribution in [0.4, 0.5) is 15.6 Å². The van der Waals surface area contributed by atoms with E-state index in [1.54, 1.807) is 0 Å². The summed E-state index contributed by atoms with van der Waals surface area (Å²) in [6.07, 6.45) is 6.22. The van der Waals surface area contributed by atoms with Crippen LogP contribution in [0.5, 0.6) is 0 Å². The number of nitrogens with one attached hydrogen (secondary N) is 2. The van der Waals surface area contributed by atoms with E-state index in [0.29, 0.717) is 18.1 Å². The number of hydrogen-bond donors (Lipinski definition) is 2. The van der Waals surface area contributed by atoms with Crippen LogP contribution in [0.15, 0.2) is 60.0 Å². The van der Waals surface area contributed by atoms with Crippen molar-refractivity contribution in [3.63, 3.8) is 0 Å². The third-order valence-corrected chi connectivity index (χ3v) is 7.72. The first-order valence-corrected chi connectivity index (χ1v) is 13.6. The van der Waals surface area contributed by atoms with Gasteiger partial charge >= 0.3 is 6.09 Å². The van der Waals surface area contributed by atoms with E-state index in [4.69, 9.17) is 4.74 Å². The van der Waals surface area contributed by atoms with Crippen LogP contribution in [0, 0.1) is 5.92 Å². The fourth-order valence-electron chi connectivity index (χ4n) is 4.98. The number of ether oxygens (including phenoxy) is 1. The van der Waals surface area contributed by atoms with Crippen LogP contribution in [0.1, 0.15) is 44.1 Å². The van der Waals surface area contributed by atoms with E-state index in [1.807, 2.05) is 47.8 Å². The van der Waals surface area contributed by atoms with Gasteiger partial charge in [-0.2, -0.15) is 0 Å². The van der Waals surface area contributed by atoms with Gasteiger partial charge in [-0.25, -0.2) is 9.78 Å². The summed E-state index contributed by atoms with van der Waals surface area (Å²) in [6.45, 7) is 1.71. The molecule has 1 saturated carbocycles. The lowest BCUT2D eigenvalue weighted by molar-refractivity contribution is -0.120. The number of carbonyl (C=O) groups excluding carboxylic acids is 2. The van der Waals surface area contributed by atoms with Gasteiger partial charge in [0.2, 0.25) is 5.91 Å². The summed E-state index contributed by atoms with van der Waals surface area (Å²) < 4.78 is 5.46. The summed E-state index contributed by atoms with van der Waals surface area (Å²) in [5, 5.41) is 8.96. The Kier molecular flexibility index (Phi) is 7.81. The molecule has 0 radical (unpaired) electrons. The molecule has 8 heteroatoms. The molecule has 2 aliphatic rings. The molecule has 3 aromatic rings. The fraction of sp³-hybridized carbons (Fsp3) is 0.393. The van der Waals surface area contributed by atoms with Crippen LogP contribution < -0.4 is 10.6 Å². The van der Waals surface area contributed by atoms with Gasteiger partial charge in [0.25, 0.3) is 0 Å². The minimum absolute atomic E-state index is 0.189. The number of benzene rings is 2. The number of aromatic nitrogens is 1. The first-order chi connectivity index (χ1) is 17.7. The Bertz CT molecular complexity index is 1180. The monoisotopic (exact) mass is 504 g/mol. The second kappa shape index (κ2) is 11.6. The predicted octanol–water partition coefficient (Wildman–Crippen LogP) is 6.15. The van der Waals surface area contributed by atoms with E-state index in [-0.39, 0.29) is 12.5 Å². The SMILES string of the molecule is O=C(Nc1nc(-c2cccc(NCC3CCCC3)c2)cs1)[C@@H]1CCCN1C(=O)OCc1ccccc1. The Balaban J connectivity index is 1.17. The zero-order chi connectivity index (χ0) is 24.7. The van der Waals surface area contributed by atoms with E-state index in [1.165, 1.54) is 41.9 Å². The van der Waals surface area contributed by atoms with Crippen molar-refractivity contribution in [3.05, 3.63) is 65.5 Å². The number of anilines is 2. The molecule has 188 valence electrons. The number of hydrogen-bond acceptors (Lipinski definition) is 6. The number of carbonyl (C=O) groups is 2. The topological polar surface area (TPSA) is 83.6 Å². The highest BCUT2D eigenvalue weighted by Crippen LogP contribution is 2.29. The Morgan fingerprint density at radius 1 is 1.03 bits per heavy atom. The molecule has 2 aromatic carbocycles. The van der Waals surface area contributed by atoms with Gasteiger partial charge in [-0.1, -0.05) is 55.3 Å². The fourth-order valence-corrected chi connectivity index (χ4v) is 5.70. The molecule has 0 spiro atoms. The Labute approximate surface area is 215 Å². The van der Waals surface area contributed by atoms with Gasteiger partial charge in [0.05, 0.1) is 5.69 Å². The number of amides is 2. The summed E-state index contributed by atoms with van der Waals surface area (Å²) in [7, 11) is 0. The third-order valence-electron chi connectivity index (χ3n) is 6.96. The van der Waals surface area contributed by atoms with Crippen molar-refractivity contribution in [3.8, 4) is 11.3 Å². The van der Waals surface area contributed by atoms with Crippen LogP contribution >= 0.6 is 11.3 Å². The average Bonchev–Trinajstić information content (AvgIpc) is 3.69. The molecule has 2 amide bonds. The smallest absolute Gasteiger partial charge is 0.410 e. The molecule has 1 aromatic heterocycles. The summed E-state index contributed by atoms with van der Waals surface area (Å²) in [5.41, 5.74) is 3.84.